The molecule has 1 aromatic heterocycles. The molecule has 0 spiro atoms. The molecule has 0 amide bonds. The molecular weight excluding hydrogens is 428 g/mol. The highest BCUT2D eigenvalue weighted by molar-refractivity contribution is 7.89. The van der Waals surface area contributed by atoms with E-state index in [1.165, 1.54) is 51.0 Å². The van der Waals surface area contributed by atoms with Gasteiger partial charge in [-0.1, -0.05) is 11.6 Å². The number of aromatic nitrogens is 2. The Morgan fingerprint density at radius 2 is 1.61 bits per heavy atom. The largest absolute Gasteiger partial charge is 0.495 e. The number of sulfonamides is 2. The van der Waals surface area contributed by atoms with Crippen LogP contribution in [-0.2, 0) is 27.1 Å². The lowest BCUT2D eigenvalue weighted by molar-refractivity contribution is 0.404. The Kier molecular flexibility index (Phi) is 6.01. The van der Waals surface area contributed by atoms with Gasteiger partial charge in [0.25, 0.3) is 0 Å². The second-order valence-electron chi connectivity index (χ2n) is 6.31. The molecule has 154 valence electrons. The second kappa shape index (κ2) is 7.99. The summed E-state index contributed by atoms with van der Waals surface area (Å²) < 4.78 is 60.5. The summed E-state index contributed by atoms with van der Waals surface area (Å²) in [5, 5.41) is 4.09. The molecule has 0 aliphatic carbocycles. The summed E-state index contributed by atoms with van der Waals surface area (Å²) in [6.07, 6.45) is 3.09. The van der Waals surface area contributed by atoms with E-state index in [4.69, 9.17) is 16.3 Å². The van der Waals surface area contributed by atoms with Gasteiger partial charge < -0.3 is 4.74 Å². The molecule has 1 aliphatic rings. The first-order valence-corrected chi connectivity index (χ1v) is 11.7. The Morgan fingerprint density at radius 1 is 1.00 bits per heavy atom. The number of hydrogen-bond donors (Lipinski definition) is 0. The van der Waals surface area contributed by atoms with Crippen LogP contribution < -0.4 is 4.74 Å². The van der Waals surface area contributed by atoms with Crippen molar-refractivity contribution in [1.29, 1.82) is 0 Å². The summed E-state index contributed by atoms with van der Waals surface area (Å²) in [6, 6.07) is 4.26. The number of benzene rings is 1. The highest BCUT2D eigenvalue weighted by atomic mass is 35.5. The van der Waals surface area contributed by atoms with E-state index in [2.05, 4.69) is 5.10 Å². The van der Waals surface area contributed by atoms with E-state index in [0.717, 1.165) is 0 Å². The quantitative estimate of drug-likeness (QED) is 0.680. The average Bonchev–Trinajstić information content (AvgIpc) is 2.93. The van der Waals surface area contributed by atoms with E-state index in [1.54, 1.807) is 7.05 Å². The van der Waals surface area contributed by atoms with Gasteiger partial charge in [-0.2, -0.15) is 13.7 Å². The third kappa shape index (κ3) is 4.03. The van der Waals surface area contributed by atoms with Crippen LogP contribution in [-0.4, -0.2) is 68.5 Å². The van der Waals surface area contributed by atoms with Gasteiger partial charge in [0.2, 0.25) is 20.0 Å². The third-order valence-electron chi connectivity index (χ3n) is 4.49. The third-order valence-corrected chi connectivity index (χ3v) is 8.54. The van der Waals surface area contributed by atoms with Crippen LogP contribution in [0.1, 0.15) is 6.42 Å². The molecule has 0 radical (unpaired) electrons. The van der Waals surface area contributed by atoms with Crippen molar-refractivity contribution in [3.8, 4) is 5.75 Å². The zero-order chi connectivity index (χ0) is 20.5. The second-order valence-corrected chi connectivity index (χ2v) is 10.6. The van der Waals surface area contributed by atoms with Crippen LogP contribution in [0.5, 0.6) is 5.75 Å². The molecule has 1 saturated heterocycles. The summed E-state index contributed by atoms with van der Waals surface area (Å²) in [5.74, 6) is 0.380. The minimum absolute atomic E-state index is 0.0434. The van der Waals surface area contributed by atoms with E-state index in [0.29, 0.717) is 12.2 Å². The fourth-order valence-corrected chi connectivity index (χ4v) is 6.26. The monoisotopic (exact) mass is 448 g/mol. The molecule has 12 heteroatoms. The van der Waals surface area contributed by atoms with Crippen LogP contribution in [0, 0.1) is 0 Å². The average molecular weight is 449 g/mol. The molecule has 0 saturated carbocycles. The van der Waals surface area contributed by atoms with E-state index < -0.39 is 20.0 Å². The topological polar surface area (TPSA) is 102 Å². The number of halogens is 1. The van der Waals surface area contributed by atoms with Crippen molar-refractivity contribution < 1.29 is 21.6 Å². The first-order chi connectivity index (χ1) is 13.2. The maximum Gasteiger partial charge on any atom is 0.246 e. The summed E-state index contributed by atoms with van der Waals surface area (Å²) in [5.41, 5.74) is 0. The van der Waals surface area contributed by atoms with Crippen molar-refractivity contribution >= 4 is 31.6 Å². The van der Waals surface area contributed by atoms with Gasteiger partial charge in [0, 0.05) is 39.4 Å². The molecule has 1 aromatic carbocycles. The van der Waals surface area contributed by atoms with Crippen LogP contribution in [0.25, 0.3) is 0 Å². The molecule has 1 fully saturated rings. The summed E-state index contributed by atoms with van der Waals surface area (Å²) in [7, 11) is -4.45. The predicted molar refractivity (Wildman–Crippen MR) is 103 cm³/mol. The van der Waals surface area contributed by atoms with Gasteiger partial charge in [0.05, 0.1) is 23.2 Å². The molecule has 9 nitrogen and oxygen atoms in total. The SMILES string of the molecule is COc1ccc(S(=O)(=O)N2CCCN(S(=O)(=O)c3cnn(C)c3)CC2)cc1Cl. The lowest BCUT2D eigenvalue weighted by Crippen LogP contribution is -2.37. The van der Waals surface area contributed by atoms with Crippen molar-refractivity contribution in [2.75, 3.05) is 33.3 Å². The molecular formula is C16H21ClN4O5S2. The van der Waals surface area contributed by atoms with Crippen molar-refractivity contribution in [3.05, 3.63) is 35.6 Å². The van der Waals surface area contributed by atoms with Gasteiger partial charge in [0.15, 0.2) is 0 Å². The minimum Gasteiger partial charge on any atom is -0.495 e. The zero-order valence-corrected chi connectivity index (χ0v) is 17.8. The number of hydrogen-bond acceptors (Lipinski definition) is 6. The van der Waals surface area contributed by atoms with E-state index in [-0.39, 0.29) is 41.0 Å². The maximum absolute atomic E-state index is 13.0. The highest BCUT2D eigenvalue weighted by Crippen LogP contribution is 2.29. The van der Waals surface area contributed by atoms with Gasteiger partial charge in [-0.15, -0.1) is 0 Å². The Hall–Kier alpha value is -1.66. The van der Waals surface area contributed by atoms with Gasteiger partial charge in [0.1, 0.15) is 10.6 Å². The molecule has 0 atom stereocenters. The van der Waals surface area contributed by atoms with Gasteiger partial charge in [-0.05, 0) is 24.6 Å². The number of nitrogens with zero attached hydrogens (tertiary/aromatic N) is 4. The molecule has 28 heavy (non-hydrogen) atoms. The van der Waals surface area contributed by atoms with Crippen LogP contribution in [0.2, 0.25) is 5.02 Å². The molecule has 3 rings (SSSR count). The first-order valence-electron chi connectivity index (χ1n) is 8.49. The molecule has 2 heterocycles. The zero-order valence-electron chi connectivity index (χ0n) is 15.4. The van der Waals surface area contributed by atoms with Gasteiger partial charge in [-0.25, -0.2) is 16.8 Å². The number of methoxy groups -OCH3 is 1. The minimum atomic E-state index is -3.81. The van der Waals surface area contributed by atoms with Crippen molar-refractivity contribution in [3.63, 3.8) is 0 Å². The maximum atomic E-state index is 13.0. The van der Waals surface area contributed by atoms with Gasteiger partial charge >= 0.3 is 0 Å². The summed E-state index contributed by atoms with van der Waals surface area (Å²) in [4.78, 5) is 0.134. The van der Waals surface area contributed by atoms with E-state index >= 15 is 0 Å². The van der Waals surface area contributed by atoms with Gasteiger partial charge in [-0.3, -0.25) is 4.68 Å². The summed E-state index contributed by atoms with van der Waals surface area (Å²) >= 11 is 6.06. The van der Waals surface area contributed by atoms with Crippen LogP contribution in [0.3, 0.4) is 0 Å². The number of rotatable bonds is 5. The smallest absolute Gasteiger partial charge is 0.246 e. The lowest BCUT2D eigenvalue weighted by atomic mass is 10.3. The molecule has 0 N–H and O–H groups in total. The van der Waals surface area contributed by atoms with Crippen LogP contribution in [0.4, 0.5) is 0 Å². The van der Waals surface area contributed by atoms with Crippen molar-refractivity contribution in [2.45, 2.75) is 16.2 Å². The predicted octanol–water partition coefficient (Wildman–Crippen LogP) is 1.17. The van der Waals surface area contributed by atoms with Crippen molar-refractivity contribution in [2.24, 2.45) is 7.05 Å². The molecule has 0 bridgehead atoms. The summed E-state index contributed by atoms with van der Waals surface area (Å²) in [6.45, 7) is 0.545. The Labute approximate surface area is 169 Å². The molecule has 1 aliphatic heterocycles. The Morgan fingerprint density at radius 3 is 2.11 bits per heavy atom. The van der Waals surface area contributed by atoms with Crippen LogP contribution in [0.15, 0.2) is 40.4 Å². The lowest BCUT2D eigenvalue weighted by Gasteiger charge is -2.21. The van der Waals surface area contributed by atoms with E-state index in [9.17, 15) is 16.8 Å². The normalized spacial score (nSPS) is 17.4. The van der Waals surface area contributed by atoms with E-state index in [1.807, 2.05) is 0 Å². The molecule has 2 aromatic rings. The molecule has 0 unspecified atom stereocenters. The Bertz CT molecular complexity index is 1070. The standard InChI is InChI=1S/C16H21ClN4O5S2/c1-19-12-14(11-18-19)28(24,25)21-7-3-6-20(8-9-21)27(22,23)13-4-5-16(26-2)15(17)10-13/h4-5,10-12H,3,6-9H2,1-2H3. The first kappa shape index (κ1) is 21.1. The Balaban J connectivity index is 1.80. The fraction of sp³-hybridized carbons (Fsp3) is 0.438. The van der Waals surface area contributed by atoms with Crippen molar-refractivity contribution in [1.82, 2.24) is 18.4 Å². The fourth-order valence-electron chi connectivity index (χ4n) is 2.99. The van der Waals surface area contributed by atoms with Crippen LogP contribution >= 0.6 is 11.6 Å². The number of aryl methyl sites for hydroxylation is 1. The highest BCUT2D eigenvalue weighted by Gasteiger charge is 2.32. The number of ether oxygens (including phenoxy) is 1.